The number of esters is 1. The van der Waals surface area contributed by atoms with Crippen molar-refractivity contribution < 1.29 is 27.4 Å². The third kappa shape index (κ3) is 5.49. The Morgan fingerprint density at radius 3 is 2.40 bits per heavy atom. The van der Waals surface area contributed by atoms with Crippen LogP contribution in [0.15, 0.2) is 48.5 Å². The third-order valence-electron chi connectivity index (χ3n) is 3.34. The van der Waals surface area contributed by atoms with E-state index in [1.165, 1.54) is 12.1 Å². The standard InChI is InChI=1S/C18H18F3NO3/c1-2-24-17(23)16(22)10-12-5-3-7-14(9-12)25-15-8-4-6-13(11-15)18(19,20)21/h3-9,11,16H,2,10,22H2,1H3. The molecule has 0 fully saturated rings. The zero-order valence-electron chi connectivity index (χ0n) is 13.5. The largest absolute Gasteiger partial charge is 0.465 e. The van der Waals surface area contributed by atoms with Crippen LogP contribution in [-0.2, 0) is 22.1 Å². The van der Waals surface area contributed by atoms with Crippen LogP contribution in [0.5, 0.6) is 11.5 Å². The van der Waals surface area contributed by atoms with Crippen LogP contribution in [0.25, 0.3) is 0 Å². The highest BCUT2D eigenvalue weighted by molar-refractivity contribution is 5.75. The third-order valence-corrected chi connectivity index (χ3v) is 3.34. The van der Waals surface area contributed by atoms with Crippen LogP contribution in [0.2, 0.25) is 0 Å². The van der Waals surface area contributed by atoms with Gasteiger partial charge in [0.2, 0.25) is 0 Å². The minimum absolute atomic E-state index is 0.0710. The Balaban J connectivity index is 2.10. The van der Waals surface area contributed by atoms with Crippen LogP contribution in [0, 0.1) is 0 Å². The number of benzene rings is 2. The molecule has 2 N–H and O–H groups in total. The van der Waals surface area contributed by atoms with Crippen LogP contribution in [0.4, 0.5) is 13.2 Å². The van der Waals surface area contributed by atoms with Crippen LogP contribution in [0.3, 0.4) is 0 Å². The fourth-order valence-corrected chi connectivity index (χ4v) is 2.19. The Hall–Kier alpha value is -2.54. The molecule has 25 heavy (non-hydrogen) atoms. The highest BCUT2D eigenvalue weighted by atomic mass is 19.4. The maximum absolute atomic E-state index is 12.7. The van der Waals surface area contributed by atoms with E-state index in [0.29, 0.717) is 11.3 Å². The lowest BCUT2D eigenvalue weighted by atomic mass is 10.1. The molecule has 0 saturated heterocycles. The Morgan fingerprint density at radius 1 is 1.12 bits per heavy atom. The van der Waals surface area contributed by atoms with E-state index in [1.807, 2.05) is 0 Å². The summed E-state index contributed by atoms with van der Waals surface area (Å²) >= 11 is 0. The van der Waals surface area contributed by atoms with E-state index >= 15 is 0 Å². The summed E-state index contributed by atoms with van der Waals surface area (Å²) in [4.78, 5) is 11.6. The molecule has 0 spiro atoms. The molecule has 2 rings (SSSR count). The molecule has 134 valence electrons. The molecule has 0 bridgehead atoms. The Kier molecular flexibility index (Phi) is 6.03. The second kappa shape index (κ2) is 8.02. The zero-order chi connectivity index (χ0) is 18.4. The van der Waals surface area contributed by atoms with Crippen LogP contribution >= 0.6 is 0 Å². The van der Waals surface area contributed by atoms with E-state index in [0.717, 1.165) is 12.1 Å². The summed E-state index contributed by atoms with van der Waals surface area (Å²) < 4.78 is 48.6. The zero-order valence-corrected chi connectivity index (χ0v) is 13.5. The first-order valence-corrected chi connectivity index (χ1v) is 7.66. The fraction of sp³-hybridized carbons (Fsp3) is 0.278. The van der Waals surface area contributed by atoms with Crippen molar-refractivity contribution in [3.8, 4) is 11.5 Å². The number of hydrogen-bond donors (Lipinski definition) is 1. The molecule has 2 aromatic carbocycles. The SMILES string of the molecule is CCOC(=O)C(N)Cc1cccc(Oc2cccc(C(F)(F)F)c2)c1. The maximum atomic E-state index is 12.7. The number of ether oxygens (including phenoxy) is 2. The number of hydrogen-bond acceptors (Lipinski definition) is 4. The summed E-state index contributed by atoms with van der Waals surface area (Å²) in [6.45, 7) is 1.93. The van der Waals surface area contributed by atoms with Crippen molar-refractivity contribution in [2.75, 3.05) is 6.61 Å². The summed E-state index contributed by atoms with van der Waals surface area (Å²) in [7, 11) is 0. The van der Waals surface area contributed by atoms with Crippen molar-refractivity contribution in [2.45, 2.75) is 25.6 Å². The molecule has 0 saturated carbocycles. The number of carbonyl (C=O) groups is 1. The minimum atomic E-state index is -4.44. The van der Waals surface area contributed by atoms with Gasteiger partial charge in [-0.1, -0.05) is 18.2 Å². The van der Waals surface area contributed by atoms with Crippen molar-refractivity contribution in [1.29, 1.82) is 0 Å². The summed E-state index contributed by atoms with van der Waals surface area (Å²) in [6.07, 6.45) is -4.20. The van der Waals surface area contributed by atoms with E-state index in [1.54, 1.807) is 31.2 Å². The van der Waals surface area contributed by atoms with Gasteiger partial charge in [0.15, 0.2) is 0 Å². The summed E-state index contributed by atoms with van der Waals surface area (Å²) in [5.41, 5.74) is 5.69. The predicted molar refractivity (Wildman–Crippen MR) is 86.3 cm³/mol. The number of rotatable bonds is 6. The van der Waals surface area contributed by atoms with Gasteiger partial charge in [0.05, 0.1) is 12.2 Å². The van der Waals surface area contributed by atoms with Gasteiger partial charge in [-0.3, -0.25) is 4.79 Å². The predicted octanol–water partition coefficient (Wildman–Crippen LogP) is 3.93. The van der Waals surface area contributed by atoms with Crippen molar-refractivity contribution in [2.24, 2.45) is 5.73 Å². The lowest BCUT2D eigenvalue weighted by Crippen LogP contribution is -2.34. The second-order valence-electron chi connectivity index (χ2n) is 5.34. The van der Waals surface area contributed by atoms with Gasteiger partial charge in [0, 0.05) is 0 Å². The Morgan fingerprint density at radius 2 is 1.76 bits per heavy atom. The first-order chi connectivity index (χ1) is 11.8. The highest BCUT2D eigenvalue weighted by Crippen LogP contribution is 2.32. The van der Waals surface area contributed by atoms with E-state index in [-0.39, 0.29) is 18.8 Å². The molecule has 0 aromatic heterocycles. The van der Waals surface area contributed by atoms with Crippen molar-refractivity contribution in [3.63, 3.8) is 0 Å². The molecule has 7 heteroatoms. The van der Waals surface area contributed by atoms with Gasteiger partial charge in [0.1, 0.15) is 17.5 Å². The first-order valence-electron chi connectivity index (χ1n) is 7.66. The van der Waals surface area contributed by atoms with Gasteiger partial charge in [-0.25, -0.2) is 0 Å². The molecule has 0 aliphatic carbocycles. The molecule has 0 radical (unpaired) electrons. The van der Waals surface area contributed by atoms with E-state index in [9.17, 15) is 18.0 Å². The second-order valence-corrected chi connectivity index (χ2v) is 5.34. The molecular weight excluding hydrogens is 335 g/mol. The topological polar surface area (TPSA) is 61.5 Å². The Bertz CT molecular complexity index is 732. The average molecular weight is 353 g/mol. The van der Waals surface area contributed by atoms with Gasteiger partial charge in [-0.15, -0.1) is 0 Å². The van der Waals surface area contributed by atoms with Gasteiger partial charge >= 0.3 is 12.1 Å². The molecule has 0 aliphatic heterocycles. The smallest absolute Gasteiger partial charge is 0.416 e. The molecule has 4 nitrogen and oxygen atoms in total. The van der Waals surface area contributed by atoms with Crippen LogP contribution in [0.1, 0.15) is 18.1 Å². The van der Waals surface area contributed by atoms with Crippen molar-refractivity contribution in [3.05, 3.63) is 59.7 Å². The fourth-order valence-electron chi connectivity index (χ4n) is 2.19. The summed E-state index contributed by atoms with van der Waals surface area (Å²) in [6, 6.07) is 10.5. The summed E-state index contributed by atoms with van der Waals surface area (Å²) in [5.74, 6) is -0.0822. The quantitative estimate of drug-likeness (QED) is 0.800. The maximum Gasteiger partial charge on any atom is 0.416 e. The normalized spacial score (nSPS) is 12.5. The minimum Gasteiger partial charge on any atom is -0.465 e. The van der Waals surface area contributed by atoms with Crippen LogP contribution < -0.4 is 10.5 Å². The molecule has 0 amide bonds. The average Bonchev–Trinajstić information content (AvgIpc) is 2.55. The summed E-state index contributed by atoms with van der Waals surface area (Å²) in [5, 5.41) is 0. The van der Waals surface area contributed by atoms with Crippen molar-refractivity contribution >= 4 is 5.97 Å². The van der Waals surface area contributed by atoms with E-state index in [4.69, 9.17) is 15.2 Å². The van der Waals surface area contributed by atoms with E-state index in [2.05, 4.69) is 0 Å². The molecule has 1 atom stereocenters. The molecule has 2 aromatic rings. The van der Waals surface area contributed by atoms with Crippen molar-refractivity contribution in [1.82, 2.24) is 0 Å². The number of halogens is 3. The highest BCUT2D eigenvalue weighted by Gasteiger charge is 2.30. The first kappa shape index (κ1) is 18.8. The monoisotopic (exact) mass is 353 g/mol. The van der Waals surface area contributed by atoms with Gasteiger partial charge in [-0.05, 0) is 49.2 Å². The van der Waals surface area contributed by atoms with Gasteiger partial charge in [-0.2, -0.15) is 13.2 Å². The van der Waals surface area contributed by atoms with Gasteiger partial charge < -0.3 is 15.2 Å². The molecule has 1 unspecified atom stereocenters. The van der Waals surface area contributed by atoms with E-state index < -0.39 is 23.8 Å². The number of alkyl halides is 3. The number of carbonyl (C=O) groups excluding carboxylic acids is 1. The number of nitrogens with two attached hydrogens (primary N) is 1. The van der Waals surface area contributed by atoms with Crippen LogP contribution in [-0.4, -0.2) is 18.6 Å². The lowest BCUT2D eigenvalue weighted by Gasteiger charge is -2.13. The molecule has 0 aliphatic rings. The lowest BCUT2D eigenvalue weighted by molar-refractivity contribution is -0.144. The molecule has 0 heterocycles. The Labute approximate surface area is 143 Å². The van der Waals surface area contributed by atoms with Gasteiger partial charge in [0.25, 0.3) is 0 Å². The molecular formula is C18H18F3NO3.